The summed E-state index contributed by atoms with van der Waals surface area (Å²) in [6, 6.07) is 10.4. The third-order valence-electron chi connectivity index (χ3n) is 4.44. The fourth-order valence-corrected chi connectivity index (χ4v) is 3.89. The third kappa shape index (κ3) is 3.64. The van der Waals surface area contributed by atoms with Crippen LogP contribution in [0.3, 0.4) is 0 Å². The molecular weight excluding hydrogens is 400 g/mol. The monoisotopic (exact) mass is 416 g/mol. The van der Waals surface area contributed by atoms with Crippen LogP contribution in [0.15, 0.2) is 53.8 Å². The summed E-state index contributed by atoms with van der Waals surface area (Å²) in [6.07, 6.45) is 3.81. The molecule has 1 aliphatic heterocycles. The Kier molecular flexibility index (Phi) is 4.88. The lowest BCUT2D eigenvalue weighted by Gasteiger charge is -2.19. The van der Waals surface area contributed by atoms with Crippen molar-refractivity contribution in [3.8, 4) is 0 Å². The van der Waals surface area contributed by atoms with Crippen LogP contribution in [0.2, 0.25) is 5.02 Å². The molecule has 4 rings (SSSR count). The first-order valence-electron chi connectivity index (χ1n) is 8.51. The van der Waals surface area contributed by atoms with E-state index in [-0.39, 0.29) is 4.90 Å². The Morgan fingerprint density at radius 3 is 2.68 bits per heavy atom. The van der Waals surface area contributed by atoms with E-state index in [2.05, 4.69) is 25.0 Å². The highest BCUT2D eigenvalue weighted by atomic mass is 35.5. The van der Waals surface area contributed by atoms with E-state index in [9.17, 15) is 8.42 Å². The summed E-state index contributed by atoms with van der Waals surface area (Å²) in [6.45, 7) is 0.702. The van der Waals surface area contributed by atoms with Crippen molar-refractivity contribution in [1.29, 1.82) is 0 Å². The lowest BCUT2D eigenvalue weighted by atomic mass is 10.2. The molecule has 3 aromatic rings. The first-order chi connectivity index (χ1) is 13.5. The predicted molar refractivity (Wildman–Crippen MR) is 108 cm³/mol. The van der Waals surface area contributed by atoms with E-state index in [0.717, 1.165) is 17.7 Å². The fourth-order valence-electron chi connectivity index (χ4n) is 3.03. The van der Waals surface area contributed by atoms with Crippen molar-refractivity contribution in [3.05, 3.63) is 59.5 Å². The van der Waals surface area contributed by atoms with Gasteiger partial charge < -0.3 is 10.2 Å². The molecule has 1 aliphatic rings. The van der Waals surface area contributed by atoms with Crippen LogP contribution < -0.4 is 14.9 Å². The minimum Gasteiger partial charge on any atom is -0.326 e. The summed E-state index contributed by atoms with van der Waals surface area (Å²) in [4.78, 5) is 15.0. The topological polar surface area (TPSA) is 100 Å². The average Bonchev–Trinajstić information content (AvgIpc) is 3.13. The number of hydrogen-bond acceptors (Lipinski definition) is 7. The normalized spacial score (nSPS) is 13.4. The van der Waals surface area contributed by atoms with E-state index in [0.29, 0.717) is 29.0 Å². The van der Waals surface area contributed by atoms with Crippen LogP contribution in [-0.4, -0.2) is 37.0 Å². The Morgan fingerprint density at radius 1 is 1.07 bits per heavy atom. The van der Waals surface area contributed by atoms with Gasteiger partial charge in [0.25, 0.3) is 0 Å². The number of rotatable bonds is 5. The summed E-state index contributed by atoms with van der Waals surface area (Å²) in [7, 11) is -2.12. The van der Waals surface area contributed by atoms with Crippen molar-refractivity contribution in [2.24, 2.45) is 0 Å². The highest BCUT2D eigenvalue weighted by Crippen LogP contribution is 2.35. The molecule has 0 spiro atoms. The molecule has 3 heterocycles. The molecule has 0 aliphatic carbocycles. The van der Waals surface area contributed by atoms with Gasteiger partial charge in [-0.05, 0) is 43.3 Å². The summed E-state index contributed by atoms with van der Waals surface area (Å²) in [5.41, 5.74) is 1.90. The number of halogens is 1. The van der Waals surface area contributed by atoms with Crippen LogP contribution in [0.1, 0.15) is 5.56 Å². The largest absolute Gasteiger partial charge is 0.326 e. The van der Waals surface area contributed by atoms with Crippen LogP contribution in [0.25, 0.3) is 0 Å². The molecule has 2 N–H and O–H groups in total. The van der Waals surface area contributed by atoms with Gasteiger partial charge in [-0.3, -0.25) is 0 Å². The maximum atomic E-state index is 12.1. The van der Waals surface area contributed by atoms with E-state index in [1.165, 1.54) is 13.4 Å². The maximum absolute atomic E-state index is 12.1. The molecule has 2 aromatic heterocycles. The van der Waals surface area contributed by atoms with Gasteiger partial charge in [-0.25, -0.2) is 28.1 Å². The van der Waals surface area contributed by atoms with E-state index in [4.69, 9.17) is 11.6 Å². The van der Waals surface area contributed by atoms with Crippen LogP contribution >= 0.6 is 11.6 Å². The second-order valence-corrected chi connectivity index (χ2v) is 8.47. The van der Waals surface area contributed by atoms with Crippen LogP contribution in [0.5, 0.6) is 0 Å². The Bertz CT molecular complexity index is 1120. The molecule has 144 valence electrons. The van der Waals surface area contributed by atoms with E-state index in [1.54, 1.807) is 36.5 Å². The number of aromatic nitrogens is 3. The highest BCUT2D eigenvalue weighted by Gasteiger charge is 2.24. The van der Waals surface area contributed by atoms with Crippen molar-refractivity contribution in [2.45, 2.75) is 11.3 Å². The first kappa shape index (κ1) is 18.6. The summed E-state index contributed by atoms with van der Waals surface area (Å²) in [5.74, 6) is 1.86. The number of sulfonamides is 1. The van der Waals surface area contributed by atoms with Crippen molar-refractivity contribution in [1.82, 2.24) is 19.7 Å². The van der Waals surface area contributed by atoms with Crippen molar-refractivity contribution < 1.29 is 8.42 Å². The van der Waals surface area contributed by atoms with Crippen LogP contribution in [0, 0.1) is 0 Å². The van der Waals surface area contributed by atoms with Crippen molar-refractivity contribution in [3.63, 3.8) is 0 Å². The number of nitrogens with zero attached hydrogens (tertiary/aromatic N) is 4. The van der Waals surface area contributed by atoms with Crippen LogP contribution in [0.4, 0.5) is 23.1 Å². The molecule has 0 radical (unpaired) electrons. The summed E-state index contributed by atoms with van der Waals surface area (Å²) >= 11 is 5.86. The molecule has 0 bridgehead atoms. The SMILES string of the molecule is CNS(=O)(=O)c1ccc2c(c1)N(c1cc(Nc3ccc(Cl)cn3)ncn1)CC2. The van der Waals surface area contributed by atoms with Gasteiger partial charge in [-0.1, -0.05) is 17.7 Å². The number of nitrogens with one attached hydrogen (secondary N) is 2. The van der Waals surface area contributed by atoms with Gasteiger partial charge in [0.1, 0.15) is 23.8 Å². The highest BCUT2D eigenvalue weighted by molar-refractivity contribution is 7.89. The molecule has 0 saturated carbocycles. The standard InChI is InChI=1S/C18H17ClN6O2S/c1-20-28(26,27)14-4-2-12-6-7-25(15(12)8-14)18-9-17(22-11-23-18)24-16-5-3-13(19)10-21-16/h2-5,8-11,20H,6-7H2,1H3,(H,21,22,23,24). The van der Waals surface area contributed by atoms with Gasteiger partial charge in [0, 0.05) is 24.5 Å². The number of hydrogen-bond donors (Lipinski definition) is 2. The number of benzene rings is 1. The smallest absolute Gasteiger partial charge is 0.240 e. The molecule has 0 unspecified atom stereocenters. The molecular formula is C18H17ClN6O2S. The lowest BCUT2D eigenvalue weighted by Crippen LogP contribution is -2.19. The van der Waals surface area contributed by atoms with E-state index >= 15 is 0 Å². The fraction of sp³-hybridized carbons (Fsp3) is 0.167. The minimum absolute atomic E-state index is 0.221. The molecule has 10 heteroatoms. The Hall–Kier alpha value is -2.75. The molecule has 0 amide bonds. The summed E-state index contributed by atoms with van der Waals surface area (Å²) in [5, 5.41) is 3.66. The minimum atomic E-state index is -3.52. The first-order valence-corrected chi connectivity index (χ1v) is 10.4. The van der Waals surface area contributed by atoms with Crippen LogP contribution in [-0.2, 0) is 16.4 Å². The molecule has 0 fully saturated rings. The van der Waals surface area contributed by atoms with E-state index < -0.39 is 10.0 Å². The number of pyridine rings is 1. The number of fused-ring (bicyclic) bond motifs is 1. The maximum Gasteiger partial charge on any atom is 0.240 e. The van der Waals surface area contributed by atoms with Gasteiger partial charge in [-0.15, -0.1) is 0 Å². The third-order valence-corrected chi connectivity index (χ3v) is 6.08. The molecule has 8 nitrogen and oxygen atoms in total. The second kappa shape index (κ2) is 7.34. The van der Waals surface area contributed by atoms with Gasteiger partial charge in [-0.2, -0.15) is 0 Å². The van der Waals surface area contributed by atoms with Gasteiger partial charge >= 0.3 is 0 Å². The van der Waals surface area contributed by atoms with Crippen molar-refractivity contribution in [2.75, 3.05) is 23.8 Å². The lowest BCUT2D eigenvalue weighted by molar-refractivity contribution is 0.588. The van der Waals surface area contributed by atoms with Crippen molar-refractivity contribution >= 4 is 44.8 Å². The zero-order valence-corrected chi connectivity index (χ0v) is 16.5. The molecule has 0 saturated heterocycles. The molecule has 1 aromatic carbocycles. The van der Waals surface area contributed by atoms with E-state index in [1.807, 2.05) is 11.0 Å². The van der Waals surface area contributed by atoms with Gasteiger partial charge in [0.2, 0.25) is 10.0 Å². The number of anilines is 4. The summed E-state index contributed by atoms with van der Waals surface area (Å²) < 4.78 is 26.6. The zero-order chi connectivity index (χ0) is 19.7. The zero-order valence-electron chi connectivity index (χ0n) is 14.9. The average molecular weight is 417 g/mol. The Labute approximate surface area is 167 Å². The quantitative estimate of drug-likeness (QED) is 0.659. The van der Waals surface area contributed by atoms with Gasteiger partial charge in [0.05, 0.1) is 9.92 Å². The molecule has 0 atom stereocenters. The Balaban J connectivity index is 1.65. The molecule has 28 heavy (non-hydrogen) atoms. The predicted octanol–water partition coefficient (Wildman–Crippen LogP) is 2.87. The Morgan fingerprint density at radius 2 is 1.93 bits per heavy atom. The second-order valence-electron chi connectivity index (χ2n) is 6.15. The van der Waals surface area contributed by atoms with Gasteiger partial charge in [0.15, 0.2) is 0 Å².